The molecule has 1 aromatic rings. The molecule has 1 N–H and O–H groups in total. The Labute approximate surface area is 136 Å². The Morgan fingerprint density at radius 3 is 2.83 bits per heavy atom. The number of alkyl carbamates (subject to hydrolysis) is 1. The first-order chi connectivity index (χ1) is 10.8. The maximum absolute atomic E-state index is 12.2. The minimum atomic E-state index is -0.514. The van der Waals surface area contributed by atoms with Crippen molar-refractivity contribution in [2.45, 2.75) is 45.3 Å². The van der Waals surface area contributed by atoms with Crippen LogP contribution in [0.2, 0.25) is 0 Å². The van der Waals surface area contributed by atoms with E-state index in [-0.39, 0.29) is 18.4 Å². The van der Waals surface area contributed by atoms with Gasteiger partial charge in [-0.3, -0.25) is 14.7 Å². The van der Waals surface area contributed by atoms with Gasteiger partial charge < -0.3 is 10.1 Å². The fourth-order valence-electron chi connectivity index (χ4n) is 2.52. The highest BCUT2D eigenvalue weighted by molar-refractivity contribution is 5.95. The number of hydrogen-bond donors (Lipinski definition) is 1. The van der Waals surface area contributed by atoms with E-state index in [4.69, 9.17) is 4.74 Å². The number of nitrogens with one attached hydrogen (secondary N) is 1. The minimum Gasteiger partial charge on any atom is -0.444 e. The van der Waals surface area contributed by atoms with Crippen LogP contribution in [-0.4, -0.2) is 58.0 Å². The second-order valence-electron chi connectivity index (χ2n) is 6.73. The third-order valence-corrected chi connectivity index (χ3v) is 3.44. The molecular formula is C16H24N4O3. The molecule has 23 heavy (non-hydrogen) atoms. The van der Waals surface area contributed by atoms with Gasteiger partial charge in [0, 0.05) is 25.0 Å². The van der Waals surface area contributed by atoms with E-state index in [1.165, 1.54) is 12.4 Å². The molecule has 1 aliphatic rings. The molecule has 0 aliphatic carbocycles. The van der Waals surface area contributed by atoms with Crippen LogP contribution in [0.25, 0.3) is 0 Å². The van der Waals surface area contributed by atoms with Crippen LogP contribution < -0.4 is 5.32 Å². The van der Waals surface area contributed by atoms with E-state index in [0.717, 1.165) is 19.4 Å². The number of rotatable bonds is 4. The second-order valence-corrected chi connectivity index (χ2v) is 6.73. The number of piperidine rings is 1. The van der Waals surface area contributed by atoms with Crippen LogP contribution in [0.15, 0.2) is 18.6 Å². The van der Waals surface area contributed by atoms with E-state index >= 15 is 0 Å². The lowest BCUT2D eigenvalue weighted by atomic mass is 10.1. The summed E-state index contributed by atoms with van der Waals surface area (Å²) in [6, 6.07) is -0.00624. The summed E-state index contributed by atoms with van der Waals surface area (Å²) >= 11 is 0. The number of nitrogens with zero attached hydrogens (tertiary/aromatic N) is 3. The number of carbonyl (C=O) groups excluding carboxylic acids is 2. The fourth-order valence-corrected chi connectivity index (χ4v) is 2.52. The summed E-state index contributed by atoms with van der Waals surface area (Å²) < 4.78 is 5.27. The average Bonchev–Trinajstić information content (AvgIpc) is 2.46. The highest BCUT2D eigenvalue weighted by Gasteiger charge is 2.25. The van der Waals surface area contributed by atoms with Crippen molar-refractivity contribution >= 4 is 11.9 Å². The lowest BCUT2D eigenvalue weighted by Gasteiger charge is -2.33. The Kier molecular flexibility index (Phi) is 5.65. The summed E-state index contributed by atoms with van der Waals surface area (Å²) in [6.07, 6.45) is 5.92. The quantitative estimate of drug-likeness (QED) is 0.849. The standard InChI is InChI=1S/C16H24N4O3/c1-16(2,3)23-15(22)19-12-5-4-8-20(10-12)11-14(21)13-9-17-6-7-18-13/h6-7,9,12H,4-5,8,10-11H2,1-3H3,(H,19,22). The maximum Gasteiger partial charge on any atom is 0.407 e. The molecule has 7 nitrogen and oxygen atoms in total. The predicted molar refractivity (Wildman–Crippen MR) is 85.2 cm³/mol. The Morgan fingerprint density at radius 2 is 2.17 bits per heavy atom. The summed E-state index contributed by atoms with van der Waals surface area (Å²) in [7, 11) is 0. The molecule has 1 aromatic heterocycles. The van der Waals surface area contributed by atoms with E-state index in [0.29, 0.717) is 12.2 Å². The van der Waals surface area contributed by atoms with Gasteiger partial charge in [0.05, 0.1) is 12.7 Å². The van der Waals surface area contributed by atoms with Gasteiger partial charge in [-0.1, -0.05) is 0 Å². The summed E-state index contributed by atoms with van der Waals surface area (Å²) in [5, 5.41) is 2.88. The van der Waals surface area contributed by atoms with Crippen molar-refractivity contribution in [1.29, 1.82) is 0 Å². The van der Waals surface area contributed by atoms with Gasteiger partial charge in [0.1, 0.15) is 11.3 Å². The summed E-state index contributed by atoms with van der Waals surface area (Å²) in [4.78, 5) is 34.0. The number of aromatic nitrogens is 2. The summed E-state index contributed by atoms with van der Waals surface area (Å²) in [5.74, 6) is -0.0592. The third kappa shape index (κ3) is 5.94. The topological polar surface area (TPSA) is 84.4 Å². The first-order valence-electron chi connectivity index (χ1n) is 7.84. The largest absolute Gasteiger partial charge is 0.444 e. The molecule has 0 spiro atoms. The van der Waals surface area contributed by atoms with Gasteiger partial charge in [0.25, 0.3) is 0 Å². The van der Waals surface area contributed by atoms with Crippen molar-refractivity contribution < 1.29 is 14.3 Å². The van der Waals surface area contributed by atoms with E-state index in [9.17, 15) is 9.59 Å². The molecule has 1 fully saturated rings. The smallest absolute Gasteiger partial charge is 0.407 e. The van der Waals surface area contributed by atoms with Crippen LogP contribution in [-0.2, 0) is 4.74 Å². The van der Waals surface area contributed by atoms with E-state index in [1.807, 2.05) is 25.7 Å². The van der Waals surface area contributed by atoms with Gasteiger partial charge in [-0.25, -0.2) is 9.78 Å². The maximum atomic E-state index is 12.2. The van der Waals surface area contributed by atoms with Gasteiger partial charge in [-0.05, 0) is 40.2 Å². The molecule has 7 heteroatoms. The van der Waals surface area contributed by atoms with Crippen LogP contribution in [0.1, 0.15) is 44.1 Å². The molecule has 1 atom stereocenters. The number of hydrogen-bond acceptors (Lipinski definition) is 6. The highest BCUT2D eigenvalue weighted by Crippen LogP contribution is 2.12. The first-order valence-corrected chi connectivity index (χ1v) is 7.84. The number of carbonyl (C=O) groups is 2. The number of amides is 1. The van der Waals surface area contributed by atoms with Gasteiger partial charge >= 0.3 is 6.09 Å². The van der Waals surface area contributed by atoms with Gasteiger partial charge in [-0.15, -0.1) is 0 Å². The molecular weight excluding hydrogens is 296 g/mol. The third-order valence-electron chi connectivity index (χ3n) is 3.44. The van der Waals surface area contributed by atoms with E-state index in [1.54, 1.807) is 6.20 Å². The molecule has 126 valence electrons. The van der Waals surface area contributed by atoms with Crippen molar-refractivity contribution in [3.05, 3.63) is 24.3 Å². The predicted octanol–water partition coefficient (Wildman–Crippen LogP) is 1.65. The van der Waals surface area contributed by atoms with Crippen LogP contribution in [0.5, 0.6) is 0 Å². The summed E-state index contributed by atoms with van der Waals surface area (Å²) in [6.45, 7) is 7.24. The summed E-state index contributed by atoms with van der Waals surface area (Å²) in [5.41, 5.74) is -0.143. The van der Waals surface area contributed by atoms with Crippen LogP contribution in [0.4, 0.5) is 4.79 Å². The zero-order valence-corrected chi connectivity index (χ0v) is 13.9. The molecule has 1 saturated heterocycles. The number of likely N-dealkylation sites (tertiary alicyclic amines) is 1. The Balaban J connectivity index is 1.84. The Morgan fingerprint density at radius 1 is 1.39 bits per heavy atom. The minimum absolute atomic E-state index is 0.00624. The van der Waals surface area contributed by atoms with Crippen LogP contribution in [0, 0.1) is 0 Å². The molecule has 1 aliphatic heterocycles. The molecule has 2 heterocycles. The van der Waals surface area contributed by atoms with Crippen molar-refractivity contribution in [3.63, 3.8) is 0 Å². The number of ether oxygens (including phenoxy) is 1. The molecule has 0 radical (unpaired) electrons. The normalized spacial score (nSPS) is 19.2. The molecule has 1 amide bonds. The number of ketones is 1. The molecule has 0 saturated carbocycles. The Hall–Kier alpha value is -2.02. The molecule has 0 aromatic carbocycles. The highest BCUT2D eigenvalue weighted by atomic mass is 16.6. The molecule has 0 bridgehead atoms. The zero-order chi connectivity index (χ0) is 16.9. The fraction of sp³-hybridized carbons (Fsp3) is 0.625. The number of Topliss-reactive ketones (excluding diaryl/α,β-unsaturated/α-hetero) is 1. The van der Waals surface area contributed by atoms with Crippen LogP contribution >= 0.6 is 0 Å². The lowest BCUT2D eigenvalue weighted by Crippen LogP contribution is -2.50. The first kappa shape index (κ1) is 17.3. The van der Waals surface area contributed by atoms with E-state index < -0.39 is 11.7 Å². The molecule has 2 rings (SSSR count). The Bertz CT molecular complexity index is 542. The van der Waals surface area contributed by atoms with Crippen molar-refractivity contribution in [1.82, 2.24) is 20.2 Å². The van der Waals surface area contributed by atoms with Crippen molar-refractivity contribution in [3.8, 4) is 0 Å². The van der Waals surface area contributed by atoms with Gasteiger partial charge in [0.2, 0.25) is 0 Å². The second kappa shape index (κ2) is 7.50. The van der Waals surface area contributed by atoms with Crippen LogP contribution in [0.3, 0.4) is 0 Å². The van der Waals surface area contributed by atoms with Gasteiger partial charge in [0.15, 0.2) is 5.78 Å². The van der Waals surface area contributed by atoms with E-state index in [2.05, 4.69) is 15.3 Å². The zero-order valence-electron chi connectivity index (χ0n) is 13.9. The van der Waals surface area contributed by atoms with Crippen molar-refractivity contribution in [2.75, 3.05) is 19.6 Å². The molecule has 1 unspecified atom stereocenters. The lowest BCUT2D eigenvalue weighted by molar-refractivity contribution is 0.0473. The SMILES string of the molecule is CC(C)(C)OC(=O)NC1CCCN(CC(=O)c2cnccn2)C1. The van der Waals surface area contributed by atoms with Gasteiger partial charge in [-0.2, -0.15) is 0 Å². The average molecular weight is 320 g/mol. The van der Waals surface area contributed by atoms with Crippen molar-refractivity contribution in [2.24, 2.45) is 0 Å². The monoisotopic (exact) mass is 320 g/mol.